The quantitative estimate of drug-likeness (QED) is 0.843. The molecule has 1 aromatic rings. The van der Waals surface area contributed by atoms with Gasteiger partial charge in [-0.1, -0.05) is 30.3 Å². The van der Waals surface area contributed by atoms with Gasteiger partial charge in [0.25, 0.3) is 0 Å². The van der Waals surface area contributed by atoms with E-state index in [1.54, 1.807) is 0 Å². The van der Waals surface area contributed by atoms with Crippen LogP contribution in [0, 0.1) is 5.92 Å². The number of aliphatic hydroxyl groups excluding tert-OH is 1. The summed E-state index contributed by atoms with van der Waals surface area (Å²) in [4.78, 5) is 2.52. The number of likely N-dealkylation sites (tertiary alicyclic amines) is 1. The highest BCUT2D eigenvalue weighted by Crippen LogP contribution is 2.20. The second-order valence-electron chi connectivity index (χ2n) is 5.21. The minimum Gasteiger partial charge on any atom is -0.396 e. The van der Waals surface area contributed by atoms with Gasteiger partial charge < -0.3 is 10.0 Å². The lowest BCUT2D eigenvalue weighted by atomic mass is 10.1. The first kappa shape index (κ1) is 12.6. The molecule has 94 valence electrons. The summed E-state index contributed by atoms with van der Waals surface area (Å²) in [5.74, 6) is 0.508. The molecule has 1 fully saturated rings. The number of benzene rings is 1. The van der Waals surface area contributed by atoms with E-state index in [9.17, 15) is 0 Å². The zero-order valence-electron chi connectivity index (χ0n) is 10.7. The fourth-order valence-corrected chi connectivity index (χ4v) is 2.61. The van der Waals surface area contributed by atoms with Gasteiger partial charge in [-0.3, -0.25) is 0 Å². The van der Waals surface area contributed by atoms with Crippen LogP contribution in [0.3, 0.4) is 0 Å². The molecule has 1 saturated heterocycles. The van der Waals surface area contributed by atoms with Crippen molar-refractivity contribution in [2.24, 2.45) is 5.92 Å². The maximum atomic E-state index is 9.15. The summed E-state index contributed by atoms with van der Waals surface area (Å²) >= 11 is 0. The molecule has 1 N–H and O–H groups in total. The summed E-state index contributed by atoms with van der Waals surface area (Å²) in [5, 5.41) is 9.15. The smallest absolute Gasteiger partial charge is 0.0471 e. The Hall–Kier alpha value is -0.860. The molecule has 1 aliphatic heterocycles. The van der Waals surface area contributed by atoms with Gasteiger partial charge in [-0.05, 0) is 44.2 Å². The van der Waals surface area contributed by atoms with Gasteiger partial charge in [0.05, 0.1) is 0 Å². The van der Waals surface area contributed by atoms with E-state index in [1.807, 2.05) is 0 Å². The Kier molecular flexibility index (Phi) is 4.57. The number of aliphatic hydroxyl groups is 1. The number of aryl methyl sites for hydroxylation is 1. The molecule has 0 aromatic heterocycles. The Morgan fingerprint density at radius 3 is 2.76 bits per heavy atom. The molecule has 1 aliphatic rings. The third-order valence-electron chi connectivity index (χ3n) is 3.89. The summed E-state index contributed by atoms with van der Waals surface area (Å²) in [6.45, 7) is 4.89. The second kappa shape index (κ2) is 6.18. The zero-order valence-corrected chi connectivity index (χ0v) is 10.7. The van der Waals surface area contributed by atoms with E-state index in [2.05, 4.69) is 42.2 Å². The maximum absolute atomic E-state index is 9.15. The first-order chi connectivity index (χ1) is 8.29. The Balaban J connectivity index is 1.76. The minimum absolute atomic E-state index is 0.349. The molecule has 2 atom stereocenters. The van der Waals surface area contributed by atoms with Crippen LogP contribution in [0.1, 0.15) is 25.3 Å². The predicted octanol–water partition coefficient (Wildman–Crippen LogP) is 2.32. The summed E-state index contributed by atoms with van der Waals surface area (Å²) in [5.41, 5.74) is 1.43. The molecule has 0 radical (unpaired) electrons. The molecular weight excluding hydrogens is 210 g/mol. The van der Waals surface area contributed by atoms with E-state index < -0.39 is 0 Å². The van der Waals surface area contributed by atoms with Crippen molar-refractivity contribution >= 4 is 0 Å². The van der Waals surface area contributed by atoms with Crippen LogP contribution in [0.2, 0.25) is 0 Å². The van der Waals surface area contributed by atoms with Crippen molar-refractivity contribution in [1.29, 1.82) is 0 Å². The highest BCUT2D eigenvalue weighted by molar-refractivity contribution is 5.14. The molecule has 17 heavy (non-hydrogen) atoms. The average molecular weight is 233 g/mol. The second-order valence-corrected chi connectivity index (χ2v) is 5.21. The molecule has 2 nitrogen and oxygen atoms in total. The topological polar surface area (TPSA) is 23.5 Å². The van der Waals surface area contributed by atoms with E-state index in [1.165, 1.54) is 12.0 Å². The Morgan fingerprint density at radius 1 is 1.35 bits per heavy atom. The lowest BCUT2D eigenvalue weighted by Gasteiger charge is -2.24. The Morgan fingerprint density at radius 2 is 2.12 bits per heavy atom. The zero-order chi connectivity index (χ0) is 12.1. The van der Waals surface area contributed by atoms with Crippen LogP contribution in [0.25, 0.3) is 0 Å². The molecule has 1 heterocycles. The van der Waals surface area contributed by atoms with E-state index >= 15 is 0 Å². The van der Waals surface area contributed by atoms with Crippen molar-refractivity contribution in [2.75, 3.05) is 19.7 Å². The average Bonchev–Trinajstić information content (AvgIpc) is 2.86. The van der Waals surface area contributed by atoms with Crippen molar-refractivity contribution in [3.63, 3.8) is 0 Å². The van der Waals surface area contributed by atoms with Gasteiger partial charge in [-0.25, -0.2) is 0 Å². The van der Waals surface area contributed by atoms with Gasteiger partial charge in [0.1, 0.15) is 0 Å². The molecule has 1 aromatic carbocycles. The molecule has 0 bridgehead atoms. The van der Waals surface area contributed by atoms with Crippen molar-refractivity contribution in [1.82, 2.24) is 4.90 Å². The number of rotatable bonds is 5. The standard InChI is InChI=1S/C15H23NO/c1-13(16-10-9-15(11-16)12-17)7-8-14-5-3-2-4-6-14/h2-6,13,15,17H,7-12H2,1H3. The highest BCUT2D eigenvalue weighted by atomic mass is 16.3. The van der Waals surface area contributed by atoms with Gasteiger partial charge >= 0.3 is 0 Å². The first-order valence-corrected chi connectivity index (χ1v) is 6.68. The van der Waals surface area contributed by atoms with Crippen LogP contribution in [0.4, 0.5) is 0 Å². The van der Waals surface area contributed by atoms with Gasteiger partial charge in [0.15, 0.2) is 0 Å². The van der Waals surface area contributed by atoms with E-state index in [-0.39, 0.29) is 0 Å². The van der Waals surface area contributed by atoms with Crippen LogP contribution in [0.15, 0.2) is 30.3 Å². The molecular formula is C15H23NO. The van der Waals surface area contributed by atoms with Crippen molar-refractivity contribution < 1.29 is 5.11 Å². The van der Waals surface area contributed by atoms with E-state index in [0.717, 1.165) is 25.9 Å². The highest BCUT2D eigenvalue weighted by Gasteiger charge is 2.24. The molecule has 2 rings (SSSR count). The van der Waals surface area contributed by atoms with Crippen molar-refractivity contribution in [3.05, 3.63) is 35.9 Å². The number of hydrogen-bond donors (Lipinski definition) is 1. The van der Waals surface area contributed by atoms with Crippen LogP contribution in [0.5, 0.6) is 0 Å². The molecule has 0 aliphatic carbocycles. The number of nitrogens with zero attached hydrogens (tertiary/aromatic N) is 1. The Bertz CT molecular complexity index is 325. The van der Waals surface area contributed by atoms with Gasteiger partial charge in [-0.15, -0.1) is 0 Å². The number of hydrogen-bond acceptors (Lipinski definition) is 2. The lowest BCUT2D eigenvalue weighted by Crippen LogP contribution is -2.31. The molecule has 2 heteroatoms. The normalized spacial score (nSPS) is 22.8. The summed E-state index contributed by atoms with van der Waals surface area (Å²) in [6, 6.07) is 11.3. The molecule has 2 unspecified atom stereocenters. The molecule has 0 saturated carbocycles. The van der Waals surface area contributed by atoms with Crippen LogP contribution >= 0.6 is 0 Å². The Labute approximate surface area is 104 Å². The predicted molar refractivity (Wildman–Crippen MR) is 71.0 cm³/mol. The fraction of sp³-hybridized carbons (Fsp3) is 0.600. The van der Waals surface area contributed by atoms with Crippen molar-refractivity contribution in [2.45, 2.75) is 32.2 Å². The van der Waals surface area contributed by atoms with E-state index in [0.29, 0.717) is 18.6 Å². The fourth-order valence-electron chi connectivity index (χ4n) is 2.61. The van der Waals surface area contributed by atoms with Crippen LogP contribution in [-0.2, 0) is 6.42 Å². The maximum Gasteiger partial charge on any atom is 0.0471 e. The largest absolute Gasteiger partial charge is 0.396 e. The van der Waals surface area contributed by atoms with E-state index in [4.69, 9.17) is 5.11 Å². The van der Waals surface area contributed by atoms with Gasteiger partial charge in [0, 0.05) is 19.2 Å². The summed E-state index contributed by atoms with van der Waals surface area (Å²) in [6.07, 6.45) is 3.52. The van der Waals surface area contributed by atoms with Crippen LogP contribution in [-0.4, -0.2) is 35.7 Å². The third-order valence-corrected chi connectivity index (χ3v) is 3.89. The molecule has 0 spiro atoms. The minimum atomic E-state index is 0.349. The molecule has 0 amide bonds. The van der Waals surface area contributed by atoms with Gasteiger partial charge in [0.2, 0.25) is 0 Å². The van der Waals surface area contributed by atoms with Crippen LogP contribution < -0.4 is 0 Å². The summed E-state index contributed by atoms with van der Waals surface area (Å²) < 4.78 is 0. The first-order valence-electron chi connectivity index (χ1n) is 6.68. The third kappa shape index (κ3) is 3.55. The summed E-state index contributed by atoms with van der Waals surface area (Å²) in [7, 11) is 0. The van der Waals surface area contributed by atoms with Gasteiger partial charge in [-0.2, -0.15) is 0 Å². The monoisotopic (exact) mass is 233 g/mol. The SMILES string of the molecule is CC(CCc1ccccc1)N1CCC(CO)C1. The van der Waals surface area contributed by atoms with Crippen molar-refractivity contribution in [3.8, 4) is 0 Å². The lowest BCUT2D eigenvalue weighted by molar-refractivity contribution is 0.199.